The van der Waals surface area contributed by atoms with Gasteiger partial charge in [0.25, 0.3) is 0 Å². The highest BCUT2D eigenvalue weighted by atomic mass is 35.5. The third kappa shape index (κ3) is 8.21. The van der Waals surface area contributed by atoms with Crippen molar-refractivity contribution in [2.45, 2.75) is 82.4 Å². The van der Waals surface area contributed by atoms with Gasteiger partial charge in [-0.3, -0.25) is 0 Å². The summed E-state index contributed by atoms with van der Waals surface area (Å²) in [6.07, 6.45) is 20.7. The van der Waals surface area contributed by atoms with E-state index < -0.39 is 0 Å². The van der Waals surface area contributed by atoms with Crippen molar-refractivity contribution in [1.82, 2.24) is 0 Å². The van der Waals surface area contributed by atoms with Gasteiger partial charge in [0.15, 0.2) is 0 Å². The van der Waals surface area contributed by atoms with Gasteiger partial charge in [-0.2, -0.15) is 0 Å². The zero-order chi connectivity index (χ0) is 11.5. The summed E-state index contributed by atoms with van der Waals surface area (Å²) in [4.78, 5) is 0. The summed E-state index contributed by atoms with van der Waals surface area (Å²) < 4.78 is 0. The average molecular weight is 243 g/mol. The summed E-state index contributed by atoms with van der Waals surface area (Å²) in [6.45, 7) is 0. The summed E-state index contributed by atoms with van der Waals surface area (Å²) in [5.41, 5.74) is 0. The minimum Gasteiger partial charge on any atom is -0.123 e. The van der Waals surface area contributed by atoms with Crippen LogP contribution in [0.2, 0.25) is 0 Å². The summed E-state index contributed by atoms with van der Waals surface area (Å²) in [6, 6.07) is 0. The van der Waals surface area contributed by atoms with Crippen molar-refractivity contribution < 1.29 is 0 Å². The molecule has 0 heterocycles. The summed E-state index contributed by atoms with van der Waals surface area (Å²) in [5, 5.41) is 0.429. The molecule has 0 bridgehead atoms. The molecule has 0 N–H and O–H groups in total. The van der Waals surface area contributed by atoms with Gasteiger partial charge in [-0.15, -0.1) is 11.6 Å². The van der Waals surface area contributed by atoms with E-state index in [1.54, 1.807) is 0 Å². The second-order valence-electron chi connectivity index (χ2n) is 5.05. The maximum absolute atomic E-state index is 6.29. The first-order valence-corrected chi connectivity index (χ1v) is 7.62. The van der Waals surface area contributed by atoms with Crippen molar-refractivity contribution >= 4 is 11.6 Å². The van der Waals surface area contributed by atoms with Crippen molar-refractivity contribution in [3.63, 3.8) is 0 Å². The van der Waals surface area contributed by atoms with Crippen LogP contribution in [-0.4, -0.2) is 5.38 Å². The monoisotopic (exact) mass is 242 g/mol. The molecule has 0 aromatic heterocycles. The van der Waals surface area contributed by atoms with Crippen LogP contribution in [0.3, 0.4) is 0 Å². The van der Waals surface area contributed by atoms with Crippen LogP contribution in [0, 0.1) is 0 Å². The predicted octanol–water partition coefficient (Wildman–Crippen LogP) is 5.84. The minimum absolute atomic E-state index is 0.429. The zero-order valence-electron chi connectivity index (χ0n) is 10.6. The lowest BCUT2D eigenvalue weighted by Crippen LogP contribution is -1.98. The Bertz CT molecular complexity index is 174. The highest BCUT2D eigenvalue weighted by molar-refractivity contribution is 6.20. The molecule has 1 heteroatoms. The normalized spacial score (nSPS) is 28.9. The highest BCUT2D eigenvalue weighted by Crippen LogP contribution is 2.17. The van der Waals surface area contributed by atoms with E-state index in [-0.39, 0.29) is 0 Å². The second-order valence-corrected chi connectivity index (χ2v) is 5.67. The number of allylic oxidation sites excluding steroid dienone is 2. The van der Waals surface area contributed by atoms with Gasteiger partial charge >= 0.3 is 0 Å². The molecule has 0 fully saturated rings. The summed E-state index contributed by atoms with van der Waals surface area (Å²) >= 11 is 6.29. The molecular weight excluding hydrogens is 216 g/mol. The molecule has 1 rings (SSSR count). The van der Waals surface area contributed by atoms with Gasteiger partial charge in [0, 0.05) is 5.38 Å². The maximum Gasteiger partial charge on any atom is 0.0336 e. The number of hydrogen-bond donors (Lipinski definition) is 0. The average Bonchev–Trinajstić information content (AvgIpc) is 2.29. The van der Waals surface area contributed by atoms with E-state index in [4.69, 9.17) is 11.6 Å². The molecule has 16 heavy (non-hydrogen) atoms. The molecule has 0 spiro atoms. The molecule has 0 nitrogen and oxygen atoms in total. The molecule has 0 radical (unpaired) electrons. The van der Waals surface area contributed by atoms with Crippen LogP contribution in [0.4, 0.5) is 0 Å². The van der Waals surface area contributed by atoms with Gasteiger partial charge in [0.05, 0.1) is 0 Å². The van der Waals surface area contributed by atoms with Gasteiger partial charge in [-0.05, 0) is 38.5 Å². The lowest BCUT2D eigenvalue weighted by Gasteiger charge is -2.08. The topological polar surface area (TPSA) is 0 Å². The lowest BCUT2D eigenvalue weighted by atomic mass is 10.1. The van der Waals surface area contributed by atoms with Crippen molar-refractivity contribution in [3.05, 3.63) is 12.2 Å². The first-order valence-electron chi connectivity index (χ1n) is 7.18. The Morgan fingerprint density at radius 1 is 0.625 bits per heavy atom. The molecule has 0 amide bonds. The third-order valence-electron chi connectivity index (χ3n) is 3.44. The van der Waals surface area contributed by atoms with Gasteiger partial charge in [0.1, 0.15) is 0 Å². The van der Waals surface area contributed by atoms with Gasteiger partial charge in [-0.1, -0.05) is 50.7 Å². The van der Waals surface area contributed by atoms with Crippen molar-refractivity contribution in [3.8, 4) is 0 Å². The molecule has 1 unspecified atom stereocenters. The van der Waals surface area contributed by atoms with E-state index in [0.717, 1.165) is 0 Å². The van der Waals surface area contributed by atoms with Gasteiger partial charge in [0.2, 0.25) is 0 Å². The second kappa shape index (κ2) is 10.2. The van der Waals surface area contributed by atoms with E-state index in [1.165, 1.54) is 77.0 Å². The minimum atomic E-state index is 0.429. The Labute approximate surface area is 106 Å². The zero-order valence-corrected chi connectivity index (χ0v) is 11.4. The molecule has 94 valence electrons. The molecule has 0 saturated heterocycles. The largest absolute Gasteiger partial charge is 0.123 e. The SMILES string of the molecule is ClC1CCC/C=C\CCCCCCCCC1. The Balaban J connectivity index is 2.17. The number of rotatable bonds is 0. The number of alkyl halides is 1. The Kier molecular flexibility index (Phi) is 8.98. The van der Waals surface area contributed by atoms with E-state index in [2.05, 4.69) is 12.2 Å². The van der Waals surface area contributed by atoms with E-state index >= 15 is 0 Å². The number of halogens is 1. The lowest BCUT2D eigenvalue weighted by molar-refractivity contribution is 0.553. The Morgan fingerprint density at radius 2 is 1.12 bits per heavy atom. The molecule has 1 aliphatic carbocycles. The van der Waals surface area contributed by atoms with Crippen LogP contribution in [0.15, 0.2) is 12.2 Å². The van der Waals surface area contributed by atoms with Crippen LogP contribution in [0.25, 0.3) is 0 Å². The molecule has 0 aromatic rings. The molecule has 0 aromatic carbocycles. The Morgan fingerprint density at radius 3 is 1.88 bits per heavy atom. The van der Waals surface area contributed by atoms with E-state index in [9.17, 15) is 0 Å². The van der Waals surface area contributed by atoms with Crippen molar-refractivity contribution in [2.24, 2.45) is 0 Å². The van der Waals surface area contributed by atoms with Crippen LogP contribution in [-0.2, 0) is 0 Å². The van der Waals surface area contributed by atoms with Crippen LogP contribution < -0.4 is 0 Å². The quantitative estimate of drug-likeness (QED) is 0.370. The molecule has 1 atom stereocenters. The molecule has 1 aliphatic rings. The maximum atomic E-state index is 6.29. The third-order valence-corrected chi connectivity index (χ3v) is 3.88. The van der Waals surface area contributed by atoms with Crippen LogP contribution >= 0.6 is 11.6 Å². The van der Waals surface area contributed by atoms with Crippen LogP contribution in [0.5, 0.6) is 0 Å². The number of hydrogen-bond acceptors (Lipinski definition) is 0. The molecule has 0 saturated carbocycles. The first-order chi connectivity index (χ1) is 7.89. The standard InChI is InChI=1S/C15H27Cl/c16-15-13-11-9-7-5-3-1-2-4-6-8-10-12-14-15/h5,7,15H,1-4,6,8-14H2/b7-5-. The van der Waals surface area contributed by atoms with Gasteiger partial charge in [-0.25, -0.2) is 0 Å². The highest BCUT2D eigenvalue weighted by Gasteiger charge is 2.03. The predicted molar refractivity (Wildman–Crippen MR) is 74.2 cm³/mol. The smallest absolute Gasteiger partial charge is 0.0336 e. The summed E-state index contributed by atoms with van der Waals surface area (Å²) in [7, 11) is 0. The van der Waals surface area contributed by atoms with Crippen LogP contribution in [0.1, 0.15) is 77.0 Å². The van der Waals surface area contributed by atoms with E-state index in [0.29, 0.717) is 5.38 Å². The van der Waals surface area contributed by atoms with E-state index in [1.807, 2.05) is 0 Å². The molecule has 0 aliphatic heterocycles. The fourth-order valence-corrected chi connectivity index (χ4v) is 2.66. The fraction of sp³-hybridized carbons (Fsp3) is 0.867. The summed E-state index contributed by atoms with van der Waals surface area (Å²) in [5.74, 6) is 0. The van der Waals surface area contributed by atoms with Crippen molar-refractivity contribution in [1.29, 1.82) is 0 Å². The molecular formula is C15H27Cl. The Hall–Kier alpha value is 0.0300. The fourth-order valence-electron chi connectivity index (χ4n) is 2.35. The first kappa shape index (κ1) is 14.1. The van der Waals surface area contributed by atoms with Gasteiger partial charge < -0.3 is 0 Å². The van der Waals surface area contributed by atoms with Crippen molar-refractivity contribution in [2.75, 3.05) is 0 Å².